The first-order chi connectivity index (χ1) is 6.01. The van der Waals surface area contributed by atoms with Crippen molar-refractivity contribution in [2.24, 2.45) is 0 Å². The third-order valence-corrected chi connectivity index (χ3v) is 2.29. The minimum atomic E-state index is -1.51. The number of rotatable bonds is 3. The van der Waals surface area contributed by atoms with E-state index in [0.717, 1.165) is 12.0 Å². The smallest absolute Gasteiger partial charge is 0.242 e. The van der Waals surface area contributed by atoms with Crippen LogP contribution in [0.15, 0.2) is 24.3 Å². The third-order valence-electron chi connectivity index (χ3n) is 1.44. The fourth-order valence-corrected chi connectivity index (χ4v) is 1.81. The average molecular weight is 194 g/mol. The van der Waals surface area contributed by atoms with E-state index in [2.05, 4.69) is 19.6 Å². The van der Waals surface area contributed by atoms with Crippen LogP contribution in [0.5, 0.6) is 5.75 Å². The van der Waals surface area contributed by atoms with E-state index in [-0.39, 0.29) is 0 Å². The number of carbonyl (C=O) groups excluding carboxylic acids is 1. The maximum absolute atomic E-state index is 10.4. The maximum Gasteiger partial charge on any atom is 0.242 e. The van der Waals surface area contributed by atoms with Crippen molar-refractivity contribution in [1.29, 1.82) is 0 Å². The summed E-state index contributed by atoms with van der Waals surface area (Å²) < 4.78 is 5.72. The Morgan fingerprint density at radius 3 is 2.08 bits per heavy atom. The second-order valence-corrected chi connectivity index (χ2v) is 8.33. The summed E-state index contributed by atoms with van der Waals surface area (Å²) in [6.07, 6.45) is 0.832. The van der Waals surface area contributed by atoms with Crippen LogP contribution in [0, 0.1) is 0 Å². The molecule has 70 valence electrons. The molecule has 0 aliphatic heterocycles. The molecule has 2 nitrogen and oxygen atoms in total. The molecule has 0 amide bonds. The SMILES string of the molecule is C[Si](C)(C)Oc1ccc(C=O)cc1. The van der Waals surface area contributed by atoms with Gasteiger partial charge in [-0.15, -0.1) is 0 Å². The Morgan fingerprint density at radius 1 is 1.15 bits per heavy atom. The third kappa shape index (κ3) is 3.42. The van der Waals surface area contributed by atoms with Gasteiger partial charge in [-0.2, -0.15) is 0 Å². The van der Waals surface area contributed by atoms with E-state index >= 15 is 0 Å². The molecule has 1 aromatic rings. The van der Waals surface area contributed by atoms with E-state index in [1.165, 1.54) is 0 Å². The van der Waals surface area contributed by atoms with Gasteiger partial charge in [-0.3, -0.25) is 4.79 Å². The zero-order valence-electron chi connectivity index (χ0n) is 8.20. The fourth-order valence-electron chi connectivity index (χ4n) is 0.968. The number of benzene rings is 1. The Kier molecular flexibility index (Phi) is 2.88. The molecular weight excluding hydrogens is 180 g/mol. The van der Waals surface area contributed by atoms with Gasteiger partial charge in [-0.05, 0) is 43.9 Å². The van der Waals surface area contributed by atoms with Crippen LogP contribution in [0.1, 0.15) is 10.4 Å². The highest BCUT2D eigenvalue weighted by Crippen LogP contribution is 2.15. The molecule has 0 aromatic heterocycles. The van der Waals surface area contributed by atoms with Crippen LogP contribution in [-0.4, -0.2) is 14.6 Å². The molecule has 1 rings (SSSR count). The van der Waals surface area contributed by atoms with Crippen LogP contribution < -0.4 is 4.43 Å². The van der Waals surface area contributed by atoms with Crippen molar-refractivity contribution >= 4 is 14.6 Å². The summed E-state index contributed by atoms with van der Waals surface area (Å²) in [6.45, 7) is 6.38. The molecule has 0 spiro atoms. The van der Waals surface area contributed by atoms with Gasteiger partial charge in [0.15, 0.2) is 0 Å². The quantitative estimate of drug-likeness (QED) is 0.546. The second kappa shape index (κ2) is 3.74. The topological polar surface area (TPSA) is 26.3 Å². The standard InChI is InChI=1S/C10H14O2Si/c1-13(2,3)12-10-6-4-9(8-11)5-7-10/h4-8H,1-3H3. The number of aldehydes is 1. The number of hydrogen-bond acceptors (Lipinski definition) is 2. The zero-order chi connectivity index (χ0) is 9.90. The summed E-state index contributed by atoms with van der Waals surface area (Å²) in [6, 6.07) is 7.20. The van der Waals surface area contributed by atoms with Gasteiger partial charge < -0.3 is 4.43 Å². The van der Waals surface area contributed by atoms with E-state index < -0.39 is 8.32 Å². The van der Waals surface area contributed by atoms with Crippen molar-refractivity contribution in [2.75, 3.05) is 0 Å². The van der Waals surface area contributed by atoms with Crippen LogP contribution in [0.2, 0.25) is 19.6 Å². The van der Waals surface area contributed by atoms with Crippen molar-refractivity contribution in [3.63, 3.8) is 0 Å². The van der Waals surface area contributed by atoms with Gasteiger partial charge >= 0.3 is 0 Å². The number of hydrogen-bond donors (Lipinski definition) is 0. The second-order valence-electron chi connectivity index (χ2n) is 3.90. The minimum Gasteiger partial charge on any atom is -0.544 e. The van der Waals surface area contributed by atoms with E-state index in [1.807, 2.05) is 12.1 Å². The summed E-state index contributed by atoms with van der Waals surface area (Å²) in [5, 5.41) is 0. The van der Waals surface area contributed by atoms with Gasteiger partial charge in [0, 0.05) is 5.56 Å². The molecule has 3 heteroatoms. The van der Waals surface area contributed by atoms with Crippen LogP contribution in [0.25, 0.3) is 0 Å². The van der Waals surface area contributed by atoms with Gasteiger partial charge in [0.25, 0.3) is 0 Å². The summed E-state index contributed by atoms with van der Waals surface area (Å²) in [4.78, 5) is 10.4. The predicted octanol–water partition coefficient (Wildman–Crippen LogP) is 2.71. The molecule has 0 fully saturated rings. The molecule has 0 N–H and O–H groups in total. The van der Waals surface area contributed by atoms with Crippen molar-refractivity contribution in [1.82, 2.24) is 0 Å². The Labute approximate surface area is 79.7 Å². The van der Waals surface area contributed by atoms with Gasteiger partial charge in [0.1, 0.15) is 12.0 Å². The molecule has 0 radical (unpaired) electrons. The lowest BCUT2D eigenvalue weighted by atomic mass is 10.2. The van der Waals surface area contributed by atoms with Crippen LogP contribution in [0.4, 0.5) is 0 Å². The van der Waals surface area contributed by atoms with E-state index in [1.54, 1.807) is 12.1 Å². The molecule has 0 aliphatic rings. The Balaban J connectivity index is 2.75. The van der Waals surface area contributed by atoms with E-state index in [0.29, 0.717) is 5.56 Å². The monoisotopic (exact) mass is 194 g/mol. The molecule has 0 saturated heterocycles. The normalized spacial score (nSPS) is 11.0. The lowest BCUT2D eigenvalue weighted by Gasteiger charge is -2.18. The molecule has 0 heterocycles. The molecule has 0 bridgehead atoms. The van der Waals surface area contributed by atoms with Crippen molar-refractivity contribution in [3.8, 4) is 5.75 Å². The molecule has 0 unspecified atom stereocenters. The lowest BCUT2D eigenvalue weighted by molar-refractivity contribution is 0.112. The summed E-state index contributed by atoms with van der Waals surface area (Å²) in [7, 11) is -1.51. The molecule has 1 aromatic carbocycles. The molecule has 0 aliphatic carbocycles. The molecule has 0 saturated carbocycles. The minimum absolute atomic E-state index is 0.683. The largest absolute Gasteiger partial charge is 0.544 e. The zero-order valence-corrected chi connectivity index (χ0v) is 9.20. The summed E-state index contributed by atoms with van der Waals surface area (Å²) >= 11 is 0. The van der Waals surface area contributed by atoms with Crippen LogP contribution >= 0.6 is 0 Å². The first kappa shape index (κ1) is 9.99. The summed E-state index contributed by atoms with van der Waals surface area (Å²) in [5.74, 6) is 0.852. The van der Waals surface area contributed by atoms with Gasteiger partial charge in [0.2, 0.25) is 8.32 Å². The van der Waals surface area contributed by atoms with Gasteiger partial charge in [-0.25, -0.2) is 0 Å². The highest BCUT2D eigenvalue weighted by atomic mass is 28.4. The summed E-state index contributed by atoms with van der Waals surface area (Å²) in [5.41, 5.74) is 0.683. The predicted molar refractivity (Wildman–Crippen MR) is 55.8 cm³/mol. The molecular formula is C10H14O2Si. The average Bonchev–Trinajstić information content (AvgIpc) is 2.03. The van der Waals surface area contributed by atoms with Crippen molar-refractivity contribution in [2.45, 2.75) is 19.6 Å². The Hall–Kier alpha value is -1.09. The Morgan fingerprint density at radius 2 is 1.69 bits per heavy atom. The van der Waals surface area contributed by atoms with E-state index in [4.69, 9.17) is 4.43 Å². The van der Waals surface area contributed by atoms with Crippen molar-refractivity contribution < 1.29 is 9.22 Å². The van der Waals surface area contributed by atoms with Gasteiger partial charge in [-0.1, -0.05) is 0 Å². The first-order valence-electron chi connectivity index (χ1n) is 4.25. The first-order valence-corrected chi connectivity index (χ1v) is 7.66. The molecule has 13 heavy (non-hydrogen) atoms. The lowest BCUT2D eigenvalue weighted by Crippen LogP contribution is -2.29. The van der Waals surface area contributed by atoms with Crippen LogP contribution in [0.3, 0.4) is 0 Å². The Bertz CT molecular complexity index is 285. The number of carbonyl (C=O) groups is 1. The molecule has 0 atom stereocenters. The highest BCUT2D eigenvalue weighted by Gasteiger charge is 2.15. The fraction of sp³-hybridized carbons (Fsp3) is 0.300. The highest BCUT2D eigenvalue weighted by molar-refractivity contribution is 6.70. The van der Waals surface area contributed by atoms with E-state index in [9.17, 15) is 4.79 Å². The maximum atomic E-state index is 10.4. The van der Waals surface area contributed by atoms with Crippen LogP contribution in [-0.2, 0) is 0 Å². The van der Waals surface area contributed by atoms with Crippen molar-refractivity contribution in [3.05, 3.63) is 29.8 Å². The van der Waals surface area contributed by atoms with Gasteiger partial charge in [0.05, 0.1) is 0 Å².